The van der Waals surface area contributed by atoms with Crippen molar-refractivity contribution < 1.29 is 9.53 Å². The minimum Gasteiger partial charge on any atom is -0.465 e. The molecule has 1 N–H and O–H groups in total. The molecule has 2 aromatic rings. The Balaban J connectivity index is 2.14. The summed E-state index contributed by atoms with van der Waals surface area (Å²) in [7, 11) is 1.34. The number of nitrogens with one attached hydrogen (secondary N) is 1. The SMILES string of the molecule is COC(=O)c1cc(NCc2cc(C)sc2C)ccc1Cl. The second-order valence-corrected chi connectivity index (χ2v) is 6.35. The van der Waals surface area contributed by atoms with Crippen LogP contribution in [0.25, 0.3) is 0 Å². The fourth-order valence-electron chi connectivity index (χ4n) is 1.96. The molecule has 0 unspecified atom stereocenters. The highest BCUT2D eigenvalue weighted by molar-refractivity contribution is 7.12. The molecule has 0 fully saturated rings. The van der Waals surface area contributed by atoms with Crippen molar-refractivity contribution in [2.24, 2.45) is 0 Å². The first-order valence-corrected chi connectivity index (χ1v) is 7.38. The van der Waals surface area contributed by atoms with Gasteiger partial charge >= 0.3 is 5.97 Å². The van der Waals surface area contributed by atoms with Crippen molar-refractivity contribution >= 4 is 34.6 Å². The molecule has 0 radical (unpaired) electrons. The molecule has 0 aliphatic carbocycles. The number of carbonyl (C=O) groups excluding carboxylic acids is 1. The number of anilines is 1. The lowest BCUT2D eigenvalue weighted by Crippen LogP contribution is -2.05. The highest BCUT2D eigenvalue weighted by Crippen LogP contribution is 2.24. The van der Waals surface area contributed by atoms with Crippen LogP contribution in [0.1, 0.15) is 25.7 Å². The number of benzene rings is 1. The van der Waals surface area contributed by atoms with Crippen LogP contribution in [0.2, 0.25) is 5.02 Å². The summed E-state index contributed by atoms with van der Waals surface area (Å²) in [6.45, 7) is 4.92. The topological polar surface area (TPSA) is 38.3 Å². The van der Waals surface area contributed by atoms with E-state index in [2.05, 4.69) is 25.2 Å². The number of carbonyl (C=O) groups is 1. The van der Waals surface area contributed by atoms with Gasteiger partial charge in [-0.2, -0.15) is 0 Å². The van der Waals surface area contributed by atoms with Crippen LogP contribution in [0.5, 0.6) is 0 Å². The first-order chi connectivity index (χ1) is 9.51. The molecule has 106 valence electrons. The summed E-state index contributed by atoms with van der Waals surface area (Å²) in [6, 6.07) is 7.43. The molecule has 0 amide bonds. The van der Waals surface area contributed by atoms with Gasteiger partial charge in [-0.3, -0.25) is 0 Å². The van der Waals surface area contributed by atoms with Crippen molar-refractivity contribution in [1.82, 2.24) is 0 Å². The molecule has 0 aliphatic rings. The molecule has 2 rings (SSSR count). The number of esters is 1. The summed E-state index contributed by atoms with van der Waals surface area (Å²) in [5, 5.41) is 3.70. The maximum absolute atomic E-state index is 11.6. The summed E-state index contributed by atoms with van der Waals surface area (Å²) >= 11 is 7.77. The number of rotatable bonds is 4. The number of methoxy groups -OCH3 is 1. The van der Waals surface area contributed by atoms with Crippen molar-refractivity contribution in [3.63, 3.8) is 0 Å². The fraction of sp³-hybridized carbons (Fsp3) is 0.267. The van der Waals surface area contributed by atoms with Crippen molar-refractivity contribution in [2.75, 3.05) is 12.4 Å². The largest absolute Gasteiger partial charge is 0.465 e. The third-order valence-corrected chi connectivity index (χ3v) is 4.34. The summed E-state index contributed by atoms with van der Waals surface area (Å²) < 4.78 is 4.71. The van der Waals surface area contributed by atoms with Gasteiger partial charge < -0.3 is 10.1 Å². The van der Waals surface area contributed by atoms with Gasteiger partial charge in [-0.05, 0) is 43.7 Å². The Morgan fingerprint density at radius 3 is 2.70 bits per heavy atom. The summed E-state index contributed by atoms with van der Waals surface area (Å²) in [5.74, 6) is -0.429. The average Bonchev–Trinajstić information content (AvgIpc) is 2.75. The minimum atomic E-state index is -0.429. The van der Waals surface area contributed by atoms with Crippen LogP contribution in [0.15, 0.2) is 24.3 Å². The van der Waals surface area contributed by atoms with Gasteiger partial charge in [0.2, 0.25) is 0 Å². The molecule has 0 bridgehead atoms. The van der Waals surface area contributed by atoms with Crippen LogP contribution in [-0.2, 0) is 11.3 Å². The lowest BCUT2D eigenvalue weighted by molar-refractivity contribution is 0.0601. The maximum Gasteiger partial charge on any atom is 0.339 e. The molecule has 0 spiro atoms. The van der Waals surface area contributed by atoms with E-state index < -0.39 is 5.97 Å². The number of aryl methyl sites for hydroxylation is 2. The molecule has 0 atom stereocenters. The van der Waals surface area contributed by atoms with Gasteiger partial charge in [-0.1, -0.05) is 11.6 Å². The molecule has 0 saturated heterocycles. The van der Waals surface area contributed by atoms with Crippen LogP contribution < -0.4 is 5.32 Å². The van der Waals surface area contributed by atoms with Crippen molar-refractivity contribution in [3.8, 4) is 0 Å². The minimum absolute atomic E-state index is 0.373. The first-order valence-electron chi connectivity index (χ1n) is 6.19. The molecular formula is C15H16ClNO2S. The zero-order valence-corrected chi connectivity index (χ0v) is 13.2. The molecule has 3 nitrogen and oxygen atoms in total. The molecule has 5 heteroatoms. The highest BCUT2D eigenvalue weighted by Gasteiger charge is 2.11. The van der Waals surface area contributed by atoms with Crippen LogP contribution in [-0.4, -0.2) is 13.1 Å². The Morgan fingerprint density at radius 1 is 1.35 bits per heavy atom. The van der Waals surface area contributed by atoms with Gasteiger partial charge in [0.05, 0.1) is 17.7 Å². The summed E-state index contributed by atoms with van der Waals surface area (Å²) in [6.07, 6.45) is 0. The second-order valence-electron chi connectivity index (χ2n) is 4.48. The van der Waals surface area contributed by atoms with Gasteiger partial charge in [0, 0.05) is 22.0 Å². The number of hydrogen-bond donors (Lipinski definition) is 1. The molecule has 1 aromatic heterocycles. The quantitative estimate of drug-likeness (QED) is 0.850. The highest BCUT2D eigenvalue weighted by atomic mass is 35.5. The number of hydrogen-bond acceptors (Lipinski definition) is 4. The van der Waals surface area contributed by atoms with Crippen molar-refractivity contribution in [3.05, 3.63) is 50.2 Å². The van der Waals surface area contributed by atoms with E-state index in [0.29, 0.717) is 10.6 Å². The van der Waals surface area contributed by atoms with Crippen LogP contribution in [0.4, 0.5) is 5.69 Å². The van der Waals surface area contributed by atoms with E-state index in [1.165, 1.54) is 22.4 Å². The van der Waals surface area contributed by atoms with Crippen LogP contribution in [0, 0.1) is 13.8 Å². The van der Waals surface area contributed by atoms with Crippen molar-refractivity contribution in [2.45, 2.75) is 20.4 Å². The lowest BCUT2D eigenvalue weighted by atomic mass is 10.2. The van der Waals surface area contributed by atoms with Gasteiger partial charge in [0.15, 0.2) is 0 Å². The van der Waals surface area contributed by atoms with Crippen LogP contribution >= 0.6 is 22.9 Å². The number of ether oxygens (including phenoxy) is 1. The number of halogens is 1. The van der Waals surface area contributed by atoms with E-state index in [1.807, 2.05) is 6.07 Å². The predicted octanol–water partition coefficient (Wildman–Crippen LogP) is 4.42. The van der Waals surface area contributed by atoms with Crippen molar-refractivity contribution in [1.29, 1.82) is 0 Å². The van der Waals surface area contributed by atoms with Gasteiger partial charge in [-0.15, -0.1) is 11.3 Å². The molecule has 0 aliphatic heterocycles. The van der Waals surface area contributed by atoms with Gasteiger partial charge in [0.1, 0.15) is 0 Å². The number of thiophene rings is 1. The zero-order chi connectivity index (χ0) is 14.7. The normalized spacial score (nSPS) is 10.4. The molecule has 0 saturated carbocycles. The molecule has 20 heavy (non-hydrogen) atoms. The maximum atomic E-state index is 11.6. The Labute approximate surface area is 127 Å². The molecule has 1 heterocycles. The second kappa shape index (κ2) is 6.29. The van der Waals surface area contributed by atoms with E-state index in [4.69, 9.17) is 16.3 Å². The molecular weight excluding hydrogens is 294 g/mol. The standard InChI is InChI=1S/C15H16ClNO2S/c1-9-6-11(10(2)20-9)8-17-12-4-5-14(16)13(7-12)15(18)19-3/h4-7,17H,8H2,1-3H3. The Morgan fingerprint density at radius 2 is 2.10 bits per heavy atom. The Kier molecular flexibility index (Phi) is 4.68. The van der Waals surface area contributed by atoms with E-state index >= 15 is 0 Å². The smallest absolute Gasteiger partial charge is 0.339 e. The van der Waals surface area contributed by atoms with Gasteiger partial charge in [0.25, 0.3) is 0 Å². The molecule has 1 aromatic carbocycles. The summed E-state index contributed by atoms with van der Waals surface area (Å²) in [5.41, 5.74) is 2.48. The third-order valence-electron chi connectivity index (χ3n) is 3.00. The van der Waals surface area contributed by atoms with E-state index in [-0.39, 0.29) is 0 Å². The van der Waals surface area contributed by atoms with E-state index in [1.54, 1.807) is 23.5 Å². The van der Waals surface area contributed by atoms with E-state index in [0.717, 1.165) is 12.2 Å². The fourth-order valence-corrected chi connectivity index (χ4v) is 3.10. The zero-order valence-electron chi connectivity index (χ0n) is 11.6. The predicted molar refractivity (Wildman–Crippen MR) is 83.9 cm³/mol. The van der Waals surface area contributed by atoms with E-state index in [9.17, 15) is 4.79 Å². The Hall–Kier alpha value is -1.52. The monoisotopic (exact) mass is 309 g/mol. The average molecular weight is 310 g/mol. The van der Waals surface area contributed by atoms with Gasteiger partial charge in [-0.25, -0.2) is 4.79 Å². The third kappa shape index (κ3) is 3.32. The first kappa shape index (κ1) is 14.9. The Bertz CT molecular complexity index is 637. The lowest BCUT2D eigenvalue weighted by Gasteiger charge is -2.09. The summed E-state index contributed by atoms with van der Waals surface area (Å²) in [4.78, 5) is 14.2. The van der Waals surface area contributed by atoms with Crippen LogP contribution in [0.3, 0.4) is 0 Å².